The summed E-state index contributed by atoms with van der Waals surface area (Å²) in [6, 6.07) is 2.23. The maximum Gasteiger partial charge on any atom is 0.310 e. The Hall–Kier alpha value is -1.32. The number of carboxylic acid groups (broad SMARTS) is 1. The third kappa shape index (κ3) is 2.87. The molecule has 1 aromatic rings. The van der Waals surface area contributed by atoms with Crippen LogP contribution in [-0.4, -0.2) is 20.9 Å². The molecule has 0 saturated heterocycles. The van der Waals surface area contributed by atoms with E-state index in [1.165, 1.54) is 0 Å². The Kier molecular flexibility index (Phi) is 4.32. The van der Waals surface area contributed by atoms with Gasteiger partial charge >= 0.3 is 5.97 Å². The third-order valence-electron chi connectivity index (χ3n) is 3.52. The molecule has 1 N–H and O–H groups in total. The number of aliphatic carboxylic acids is 1. The van der Waals surface area contributed by atoms with E-state index in [9.17, 15) is 9.90 Å². The zero-order valence-corrected chi connectivity index (χ0v) is 11.1. The maximum atomic E-state index is 11.4. The highest BCUT2D eigenvalue weighted by atomic mass is 16.4. The van der Waals surface area contributed by atoms with Gasteiger partial charge in [0.15, 0.2) is 0 Å². The second-order valence-electron chi connectivity index (χ2n) is 4.85. The van der Waals surface area contributed by atoms with Crippen molar-refractivity contribution in [2.24, 2.45) is 5.41 Å². The van der Waals surface area contributed by atoms with Gasteiger partial charge in [0.2, 0.25) is 0 Å². The molecule has 17 heavy (non-hydrogen) atoms. The lowest BCUT2D eigenvalue weighted by Gasteiger charge is -2.25. The lowest BCUT2D eigenvalue weighted by molar-refractivity contribution is -0.149. The van der Waals surface area contributed by atoms with Crippen LogP contribution in [0, 0.1) is 5.41 Å². The van der Waals surface area contributed by atoms with E-state index < -0.39 is 11.4 Å². The van der Waals surface area contributed by atoms with Crippen LogP contribution in [0.4, 0.5) is 0 Å². The van der Waals surface area contributed by atoms with Crippen molar-refractivity contribution in [1.29, 1.82) is 0 Å². The summed E-state index contributed by atoms with van der Waals surface area (Å²) in [7, 11) is 0. The van der Waals surface area contributed by atoms with Crippen molar-refractivity contribution in [2.45, 2.75) is 53.0 Å². The number of aromatic nitrogens is 2. The summed E-state index contributed by atoms with van der Waals surface area (Å²) in [5.74, 6) is -0.721. The average Bonchev–Trinajstić information content (AvgIpc) is 2.74. The molecule has 0 aliphatic heterocycles. The van der Waals surface area contributed by atoms with Crippen molar-refractivity contribution in [2.75, 3.05) is 0 Å². The topological polar surface area (TPSA) is 55.1 Å². The predicted octanol–water partition coefficient (Wildman–Crippen LogP) is 2.90. The minimum Gasteiger partial charge on any atom is -0.481 e. The molecule has 0 amide bonds. The molecular formula is C13H22N2O2. The van der Waals surface area contributed by atoms with Crippen LogP contribution in [-0.2, 0) is 11.2 Å². The third-order valence-corrected chi connectivity index (χ3v) is 3.52. The normalized spacial score (nSPS) is 12.1. The van der Waals surface area contributed by atoms with Crippen molar-refractivity contribution >= 4 is 5.97 Å². The van der Waals surface area contributed by atoms with Crippen molar-refractivity contribution in [3.05, 3.63) is 18.0 Å². The summed E-state index contributed by atoms with van der Waals surface area (Å²) in [6.45, 7) is 7.97. The monoisotopic (exact) mass is 238 g/mol. The zero-order valence-electron chi connectivity index (χ0n) is 11.1. The van der Waals surface area contributed by atoms with E-state index in [2.05, 4.69) is 18.9 Å². The molecular weight excluding hydrogens is 216 g/mol. The molecule has 4 nitrogen and oxygen atoms in total. The first-order valence-corrected chi connectivity index (χ1v) is 6.22. The number of carboxylic acids is 1. The largest absolute Gasteiger partial charge is 0.481 e. The quantitative estimate of drug-likeness (QED) is 0.829. The van der Waals surface area contributed by atoms with E-state index in [0.29, 0.717) is 25.3 Å². The van der Waals surface area contributed by atoms with Gasteiger partial charge in [-0.05, 0) is 32.8 Å². The fourth-order valence-electron chi connectivity index (χ4n) is 1.98. The molecule has 0 fully saturated rings. The number of hydrogen-bond acceptors (Lipinski definition) is 2. The summed E-state index contributed by atoms with van der Waals surface area (Å²) in [5, 5.41) is 13.8. The zero-order chi connectivity index (χ0) is 13.1. The molecule has 0 atom stereocenters. The van der Waals surface area contributed by atoms with Gasteiger partial charge < -0.3 is 5.11 Å². The SMILES string of the molecule is CCC(CC)(Cc1ccn(C(C)C)n1)C(=O)O. The van der Waals surface area contributed by atoms with Crippen molar-refractivity contribution in [1.82, 2.24) is 9.78 Å². The Balaban J connectivity index is 2.90. The Morgan fingerprint density at radius 2 is 2.06 bits per heavy atom. The van der Waals surface area contributed by atoms with Crippen LogP contribution in [0.15, 0.2) is 12.3 Å². The summed E-state index contributed by atoms with van der Waals surface area (Å²) in [5.41, 5.74) is 0.195. The van der Waals surface area contributed by atoms with Gasteiger partial charge in [-0.3, -0.25) is 9.48 Å². The molecule has 1 rings (SSSR count). The Labute approximate surface area is 103 Å². The smallest absolute Gasteiger partial charge is 0.310 e. The van der Waals surface area contributed by atoms with E-state index in [4.69, 9.17) is 0 Å². The van der Waals surface area contributed by atoms with Gasteiger partial charge in [-0.2, -0.15) is 5.10 Å². The highest BCUT2D eigenvalue weighted by molar-refractivity contribution is 5.74. The highest BCUT2D eigenvalue weighted by Gasteiger charge is 2.35. The Morgan fingerprint density at radius 3 is 2.41 bits per heavy atom. The van der Waals surface area contributed by atoms with E-state index >= 15 is 0 Å². The molecule has 0 bridgehead atoms. The van der Waals surface area contributed by atoms with Gasteiger partial charge in [0.25, 0.3) is 0 Å². The fourth-order valence-corrected chi connectivity index (χ4v) is 1.98. The van der Waals surface area contributed by atoms with E-state index in [0.717, 1.165) is 5.69 Å². The van der Waals surface area contributed by atoms with Crippen molar-refractivity contribution in [3.63, 3.8) is 0 Å². The predicted molar refractivity (Wildman–Crippen MR) is 67.0 cm³/mol. The summed E-state index contributed by atoms with van der Waals surface area (Å²) in [6.07, 6.45) is 3.69. The first kappa shape index (κ1) is 13.7. The van der Waals surface area contributed by atoms with Gasteiger partial charge in [-0.15, -0.1) is 0 Å². The van der Waals surface area contributed by atoms with Crippen molar-refractivity contribution in [3.8, 4) is 0 Å². The number of carbonyl (C=O) groups is 1. The molecule has 4 heteroatoms. The van der Waals surface area contributed by atoms with E-state index in [-0.39, 0.29) is 0 Å². The molecule has 0 spiro atoms. The molecule has 0 aliphatic carbocycles. The van der Waals surface area contributed by atoms with Crippen LogP contribution in [0.5, 0.6) is 0 Å². The van der Waals surface area contributed by atoms with Gasteiger partial charge in [0, 0.05) is 18.7 Å². The van der Waals surface area contributed by atoms with Crippen molar-refractivity contribution < 1.29 is 9.90 Å². The number of rotatable bonds is 6. The van der Waals surface area contributed by atoms with Crippen LogP contribution < -0.4 is 0 Å². The Morgan fingerprint density at radius 1 is 1.47 bits per heavy atom. The summed E-state index contributed by atoms with van der Waals surface area (Å²) in [4.78, 5) is 11.4. The number of hydrogen-bond donors (Lipinski definition) is 1. The fraction of sp³-hybridized carbons (Fsp3) is 0.692. The molecule has 1 aromatic heterocycles. The molecule has 0 saturated carbocycles. The summed E-state index contributed by atoms with van der Waals surface area (Å²) >= 11 is 0. The number of nitrogens with zero attached hydrogens (tertiary/aromatic N) is 2. The van der Waals surface area contributed by atoms with E-state index in [1.807, 2.05) is 30.8 Å². The standard InChI is InChI=1S/C13H22N2O2/c1-5-13(6-2,12(16)17)9-11-7-8-15(14-11)10(3)4/h7-8,10H,5-6,9H2,1-4H3,(H,16,17). The van der Waals surface area contributed by atoms with Gasteiger partial charge in [0.05, 0.1) is 11.1 Å². The first-order valence-electron chi connectivity index (χ1n) is 6.22. The van der Waals surface area contributed by atoms with Crippen LogP contribution in [0.1, 0.15) is 52.3 Å². The van der Waals surface area contributed by atoms with Crippen LogP contribution in [0.3, 0.4) is 0 Å². The minimum atomic E-state index is -0.721. The second kappa shape index (κ2) is 5.34. The van der Waals surface area contributed by atoms with Crippen LogP contribution >= 0.6 is 0 Å². The summed E-state index contributed by atoms with van der Waals surface area (Å²) < 4.78 is 1.87. The lowest BCUT2D eigenvalue weighted by Crippen LogP contribution is -2.32. The van der Waals surface area contributed by atoms with Gasteiger partial charge in [-0.25, -0.2) is 0 Å². The average molecular weight is 238 g/mol. The van der Waals surface area contributed by atoms with Gasteiger partial charge in [-0.1, -0.05) is 13.8 Å². The molecule has 0 aliphatic rings. The molecule has 0 unspecified atom stereocenters. The molecule has 0 radical (unpaired) electrons. The minimum absolute atomic E-state index is 0.311. The highest BCUT2D eigenvalue weighted by Crippen LogP contribution is 2.30. The maximum absolute atomic E-state index is 11.4. The second-order valence-corrected chi connectivity index (χ2v) is 4.85. The lowest BCUT2D eigenvalue weighted by atomic mass is 9.78. The van der Waals surface area contributed by atoms with E-state index in [1.54, 1.807) is 0 Å². The Bertz CT molecular complexity index is 379. The van der Waals surface area contributed by atoms with Crippen LogP contribution in [0.2, 0.25) is 0 Å². The molecule has 1 heterocycles. The first-order chi connectivity index (χ1) is 7.95. The molecule has 0 aromatic carbocycles. The molecule has 96 valence electrons. The van der Waals surface area contributed by atoms with Gasteiger partial charge in [0.1, 0.15) is 0 Å². The van der Waals surface area contributed by atoms with Crippen LogP contribution in [0.25, 0.3) is 0 Å².